The minimum atomic E-state index is -1.23. The zero-order valence-electron chi connectivity index (χ0n) is 6.94. The first-order valence-corrected chi connectivity index (χ1v) is 3.97. The lowest BCUT2D eigenvalue weighted by molar-refractivity contribution is 0.0747. The molecule has 1 aromatic carbocycles. The lowest BCUT2D eigenvalue weighted by Gasteiger charge is -2.19. The molecular weight excluding hydrogens is 179 g/mol. The Hall–Kier alpha value is -0.600. The van der Waals surface area contributed by atoms with Crippen LogP contribution in [0.2, 0.25) is 5.02 Å². The van der Waals surface area contributed by atoms with E-state index in [4.69, 9.17) is 11.6 Å². The van der Waals surface area contributed by atoms with E-state index < -0.39 is 11.4 Å². The molecule has 0 fully saturated rings. The van der Waals surface area contributed by atoms with Gasteiger partial charge < -0.3 is 5.11 Å². The van der Waals surface area contributed by atoms with Crippen LogP contribution in [0.4, 0.5) is 4.39 Å². The Kier molecular flexibility index (Phi) is 2.40. The van der Waals surface area contributed by atoms with Crippen LogP contribution in [0.15, 0.2) is 18.2 Å². The van der Waals surface area contributed by atoms with Crippen molar-refractivity contribution in [2.45, 2.75) is 19.4 Å². The molecule has 0 radical (unpaired) electrons. The molecule has 0 aliphatic heterocycles. The first-order valence-electron chi connectivity index (χ1n) is 3.60. The maximum atomic E-state index is 13.1. The summed E-state index contributed by atoms with van der Waals surface area (Å²) in [4.78, 5) is 0. The molecule has 0 aliphatic rings. The molecule has 0 saturated heterocycles. The molecule has 1 nitrogen and oxygen atoms in total. The van der Waals surface area contributed by atoms with Gasteiger partial charge in [-0.3, -0.25) is 0 Å². The summed E-state index contributed by atoms with van der Waals surface area (Å²) in [6.07, 6.45) is 0. The predicted molar refractivity (Wildman–Crippen MR) is 46.7 cm³/mol. The van der Waals surface area contributed by atoms with Gasteiger partial charge in [0.05, 0.1) is 5.60 Å². The highest BCUT2D eigenvalue weighted by molar-refractivity contribution is 6.31. The lowest BCUT2D eigenvalue weighted by Crippen LogP contribution is -2.18. The van der Waals surface area contributed by atoms with E-state index in [9.17, 15) is 9.50 Å². The summed E-state index contributed by atoms with van der Waals surface area (Å²) in [7, 11) is 0. The van der Waals surface area contributed by atoms with E-state index in [-0.39, 0.29) is 10.6 Å². The van der Waals surface area contributed by atoms with Crippen LogP contribution in [0.1, 0.15) is 19.4 Å². The third-order valence-electron chi connectivity index (χ3n) is 1.57. The van der Waals surface area contributed by atoms with Gasteiger partial charge in [0.1, 0.15) is 5.82 Å². The van der Waals surface area contributed by atoms with Gasteiger partial charge in [-0.05, 0) is 26.0 Å². The third kappa shape index (κ3) is 1.76. The van der Waals surface area contributed by atoms with Crippen LogP contribution in [0, 0.1) is 5.82 Å². The van der Waals surface area contributed by atoms with E-state index in [1.54, 1.807) is 6.07 Å². The van der Waals surface area contributed by atoms with Gasteiger partial charge in [-0.2, -0.15) is 0 Å². The molecule has 0 saturated carbocycles. The molecule has 0 aliphatic carbocycles. The Morgan fingerprint density at radius 3 is 2.33 bits per heavy atom. The van der Waals surface area contributed by atoms with Crippen LogP contribution in [0.3, 0.4) is 0 Å². The second-order valence-corrected chi connectivity index (χ2v) is 3.56. The Bertz CT molecular complexity index is 271. The molecule has 1 rings (SSSR count). The Labute approximate surface area is 75.8 Å². The van der Waals surface area contributed by atoms with Crippen molar-refractivity contribution in [3.8, 4) is 0 Å². The minimum absolute atomic E-state index is 0.145. The van der Waals surface area contributed by atoms with E-state index in [0.29, 0.717) is 0 Å². The molecule has 1 aromatic rings. The molecule has 0 bridgehead atoms. The summed E-state index contributed by atoms with van der Waals surface area (Å²) < 4.78 is 13.1. The highest BCUT2D eigenvalue weighted by Crippen LogP contribution is 2.29. The average Bonchev–Trinajstić information content (AvgIpc) is 1.82. The van der Waals surface area contributed by atoms with Gasteiger partial charge in [-0.15, -0.1) is 0 Å². The molecule has 66 valence electrons. The molecule has 0 spiro atoms. The van der Waals surface area contributed by atoms with Gasteiger partial charge in [-0.25, -0.2) is 4.39 Å². The highest BCUT2D eigenvalue weighted by Gasteiger charge is 2.23. The number of aliphatic hydroxyl groups is 1. The van der Waals surface area contributed by atoms with Crippen molar-refractivity contribution in [2.75, 3.05) is 0 Å². The summed E-state index contributed by atoms with van der Waals surface area (Å²) in [5.41, 5.74) is -1.09. The number of benzene rings is 1. The molecule has 0 aromatic heterocycles. The van der Waals surface area contributed by atoms with E-state index in [0.717, 1.165) is 0 Å². The third-order valence-corrected chi connectivity index (χ3v) is 1.89. The molecular formula is C9H10ClFO. The van der Waals surface area contributed by atoms with Gasteiger partial charge >= 0.3 is 0 Å². The lowest BCUT2D eigenvalue weighted by atomic mass is 9.98. The second-order valence-electron chi connectivity index (χ2n) is 3.16. The number of halogens is 2. The zero-order valence-corrected chi connectivity index (χ0v) is 7.69. The van der Waals surface area contributed by atoms with Gasteiger partial charge in [0.15, 0.2) is 0 Å². The second kappa shape index (κ2) is 3.04. The van der Waals surface area contributed by atoms with Gasteiger partial charge in [-0.1, -0.05) is 17.7 Å². The topological polar surface area (TPSA) is 20.2 Å². The Balaban J connectivity index is 3.31. The van der Waals surface area contributed by atoms with Crippen molar-refractivity contribution in [1.29, 1.82) is 0 Å². The molecule has 12 heavy (non-hydrogen) atoms. The Morgan fingerprint density at radius 1 is 1.42 bits per heavy atom. The maximum absolute atomic E-state index is 13.1. The van der Waals surface area contributed by atoms with Gasteiger partial charge in [0, 0.05) is 10.6 Å². The molecule has 0 unspecified atom stereocenters. The van der Waals surface area contributed by atoms with Crippen LogP contribution in [-0.2, 0) is 5.60 Å². The predicted octanol–water partition coefficient (Wildman–Crippen LogP) is 2.71. The summed E-state index contributed by atoms with van der Waals surface area (Å²) in [6.45, 7) is 2.99. The van der Waals surface area contributed by atoms with Crippen molar-refractivity contribution in [2.24, 2.45) is 0 Å². The van der Waals surface area contributed by atoms with Crippen LogP contribution < -0.4 is 0 Å². The summed E-state index contributed by atoms with van der Waals surface area (Å²) in [5.74, 6) is -0.477. The van der Waals surface area contributed by atoms with Crippen molar-refractivity contribution in [1.82, 2.24) is 0 Å². The smallest absolute Gasteiger partial charge is 0.130 e. The fraction of sp³-hybridized carbons (Fsp3) is 0.333. The SMILES string of the molecule is CC(C)(O)c1c(F)cccc1Cl. The summed E-state index contributed by atoms with van der Waals surface area (Å²) in [5, 5.41) is 9.78. The average molecular weight is 189 g/mol. The molecule has 3 heteroatoms. The number of hydrogen-bond donors (Lipinski definition) is 1. The van der Waals surface area contributed by atoms with Crippen LogP contribution in [0.5, 0.6) is 0 Å². The van der Waals surface area contributed by atoms with E-state index in [1.807, 2.05) is 0 Å². The minimum Gasteiger partial charge on any atom is -0.386 e. The Morgan fingerprint density at radius 2 is 2.00 bits per heavy atom. The van der Waals surface area contributed by atoms with Crippen molar-refractivity contribution in [3.63, 3.8) is 0 Å². The fourth-order valence-electron chi connectivity index (χ4n) is 1.08. The first-order chi connectivity index (χ1) is 5.43. The van der Waals surface area contributed by atoms with Crippen molar-refractivity contribution >= 4 is 11.6 Å². The normalized spacial score (nSPS) is 11.8. The molecule has 0 atom stereocenters. The fourth-order valence-corrected chi connectivity index (χ4v) is 1.48. The molecule has 0 heterocycles. The van der Waals surface area contributed by atoms with Crippen LogP contribution >= 0.6 is 11.6 Å². The van der Waals surface area contributed by atoms with E-state index >= 15 is 0 Å². The number of rotatable bonds is 1. The van der Waals surface area contributed by atoms with E-state index in [2.05, 4.69) is 0 Å². The van der Waals surface area contributed by atoms with Crippen molar-refractivity contribution < 1.29 is 9.50 Å². The van der Waals surface area contributed by atoms with Gasteiger partial charge in [0.2, 0.25) is 0 Å². The monoisotopic (exact) mass is 188 g/mol. The zero-order chi connectivity index (χ0) is 9.35. The van der Waals surface area contributed by atoms with E-state index in [1.165, 1.54) is 26.0 Å². The highest BCUT2D eigenvalue weighted by atomic mass is 35.5. The van der Waals surface area contributed by atoms with Crippen LogP contribution in [-0.4, -0.2) is 5.11 Å². The summed E-state index contributed by atoms with van der Waals surface area (Å²) in [6, 6.07) is 4.34. The maximum Gasteiger partial charge on any atom is 0.130 e. The van der Waals surface area contributed by atoms with Crippen molar-refractivity contribution in [3.05, 3.63) is 34.6 Å². The largest absolute Gasteiger partial charge is 0.386 e. The first kappa shape index (κ1) is 9.49. The standard InChI is InChI=1S/C9H10ClFO/c1-9(2,12)8-6(10)4-3-5-7(8)11/h3-5,12H,1-2H3. The summed E-state index contributed by atoms with van der Waals surface area (Å²) >= 11 is 5.71. The molecule has 0 amide bonds. The number of hydrogen-bond acceptors (Lipinski definition) is 1. The van der Waals surface area contributed by atoms with Gasteiger partial charge in [0.25, 0.3) is 0 Å². The molecule has 1 N–H and O–H groups in total. The van der Waals surface area contributed by atoms with Crippen LogP contribution in [0.25, 0.3) is 0 Å². The quantitative estimate of drug-likeness (QED) is 0.719.